The molecule has 2 aliphatic heterocycles. The minimum absolute atomic E-state index is 0.00154. The van der Waals surface area contributed by atoms with E-state index in [1.54, 1.807) is 12.1 Å². The number of carbonyl (C=O) groups is 1. The smallest absolute Gasteiger partial charge is 0.255 e. The molecule has 0 bridgehead atoms. The Morgan fingerprint density at radius 1 is 1.33 bits per heavy atom. The van der Waals surface area contributed by atoms with Crippen molar-refractivity contribution in [3.8, 4) is 0 Å². The van der Waals surface area contributed by atoms with Gasteiger partial charge >= 0.3 is 0 Å². The molecule has 3 rings (SSSR count). The highest BCUT2D eigenvalue weighted by atomic mass is 35.5. The highest BCUT2D eigenvalue weighted by molar-refractivity contribution is 6.31. The van der Waals surface area contributed by atoms with Gasteiger partial charge in [-0.25, -0.2) is 0 Å². The lowest BCUT2D eigenvalue weighted by atomic mass is 9.91. The summed E-state index contributed by atoms with van der Waals surface area (Å²) in [5.41, 5.74) is 1.36. The van der Waals surface area contributed by atoms with Gasteiger partial charge in [-0.3, -0.25) is 4.79 Å². The Labute approximate surface area is 111 Å². The minimum atomic E-state index is -0.264. The second-order valence-corrected chi connectivity index (χ2v) is 5.39. The van der Waals surface area contributed by atoms with Crippen LogP contribution in [0, 0.1) is 0 Å². The zero-order chi connectivity index (χ0) is 12.8. The normalized spacial score (nSPS) is 21.7. The van der Waals surface area contributed by atoms with Gasteiger partial charge in [0.1, 0.15) is 5.66 Å². The Kier molecular flexibility index (Phi) is 2.72. The highest BCUT2D eigenvalue weighted by Gasteiger charge is 2.42. The molecule has 0 aromatic heterocycles. The minimum Gasteiger partial charge on any atom is -0.351 e. The third-order valence-electron chi connectivity index (χ3n) is 3.98. The molecular formula is C13H16ClN3O. The van der Waals surface area contributed by atoms with Crippen LogP contribution >= 0.6 is 11.6 Å². The molecule has 0 radical (unpaired) electrons. The number of halogens is 1. The number of hydrogen-bond donors (Lipinski definition) is 2. The molecule has 0 atom stereocenters. The zero-order valence-corrected chi connectivity index (χ0v) is 11.0. The van der Waals surface area contributed by atoms with Gasteiger partial charge in [0, 0.05) is 24.9 Å². The Bertz CT molecular complexity index is 497. The Morgan fingerprint density at radius 3 is 2.78 bits per heavy atom. The second-order valence-electron chi connectivity index (χ2n) is 4.96. The van der Waals surface area contributed by atoms with Crippen molar-refractivity contribution >= 4 is 23.2 Å². The quantitative estimate of drug-likeness (QED) is 0.749. The molecule has 96 valence electrons. The Morgan fingerprint density at radius 2 is 2.06 bits per heavy atom. The molecule has 1 fully saturated rings. The van der Waals surface area contributed by atoms with Crippen LogP contribution in [0.4, 0.5) is 5.69 Å². The van der Waals surface area contributed by atoms with Crippen LogP contribution in [0.2, 0.25) is 5.02 Å². The highest BCUT2D eigenvalue weighted by Crippen LogP contribution is 2.36. The first-order valence-corrected chi connectivity index (χ1v) is 6.57. The van der Waals surface area contributed by atoms with E-state index in [2.05, 4.69) is 15.5 Å². The van der Waals surface area contributed by atoms with Crippen LogP contribution in [-0.4, -0.2) is 31.7 Å². The van der Waals surface area contributed by atoms with Gasteiger partial charge < -0.3 is 15.5 Å². The van der Waals surface area contributed by atoms with Crippen molar-refractivity contribution in [1.82, 2.24) is 10.6 Å². The fourth-order valence-electron chi connectivity index (χ4n) is 2.87. The van der Waals surface area contributed by atoms with Crippen LogP contribution in [0.15, 0.2) is 18.2 Å². The number of nitrogens with one attached hydrogen (secondary N) is 2. The van der Waals surface area contributed by atoms with Gasteiger partial charge in [0.25, 0.3) is 5.91 Å². The summed E-state index contributed by atoms with van der Waals surface area (Å²) in [5.74, 6) is 0.00154. The van der Waals surface area contributed by atoms with Gasteiger partial charge in [-0.2, -0.15) is 0 Å². The van der Waals surface area contributed by atoms with E-state index in [9.17, 15) is 4.79 Å². The molecule has 2 N–H and O–H groups in total. The van der Waals surface area contributed by atoms with Crippen molar-refractivity contribution in [2.24, 2.45) is 0 Å². The van der Waals surface area contributed by atoms with Gasteiger partial charge in [0.15, 0.2) is 0 Å². The first-order valence-electron chi connectivity index (χ1n) is 6.19. The number of nitrogens with zero attached hydrogens (tertiary/aromatic N) is 1. The van der Waals surface area contributed by atoms with Crippen LogP contribution < -0.4 is 15.5 Å². The molecule has 5 heteroatoms. The summed E-state index contributed by atoms with van der Waals surface area (Å²) in [6, 6.07) is 5.42. The van der Waals surface area contributed by atoms with E-state index < -0.39 is 0 Å². The summed E-state index contributed by atoms with van der Waals surface area (Å²) in [7, 11) is 2.03. The molecular weight excluding hydrogens is 250 g/mol. The number of anilines is 1. The molecule has 2 aliphatic rings. The molecule has 1 amide bonds. The average Bonchev–Trinajstić information content (AvgIpc) is 2.37. The van der Waals surface area contributed by atoms with Gasteiger partial charge in [-0.15, -0.1) is 0 Å². The van der Waals surface area contributed by atoms with Crippen molar-refractivity contribution in [2.45, 2.75) is 18.5 Å². The van der Waals surface area contributed by atoms with E-state index in [4.69, 9.17) is 11.6 Å². The summed E-state index contributed by atoms with van der Waals surface area (Å²) < 4.78 is 0. The van der Waals surface area contributed by atoms with Crippen LogP contribution in [0.1, 0.15) is 23.2 Å². The largest absolute Gasteiger partial charge is 0.351 e. The third-order valence-corrected chi connectivity index (χ3v) is 4.22. The van der Waals surface area contributed by atoms with Gasteiger partial charge in [0.05, 0.1) is 11.3 Å². The van der Waals surface area contributed by atoms with Gasteiger partial charge in [0.2, 0.25) is 0 Å². The lowest BCUT2D eigenvalue weighted by molar-refractivity contribution is 0.0856. The summed E-state index contributed by atoms with van der Waals surface area (Å²) in [5, 5.41) is 7.15. The topological polar surface area (TPSA) is 44.4 Å². The average molecular weight is 266 g/mol. The number of benzene rings is 1. The Hall–Kier alpha value is -1.26. The SMILES string of the molecule is CN1c2cc(Cl)ccc2C(=O)NC12CCNCC2. The van der Waals surface area contributed by atoms with Crippen LogP contribution in [-0.2, 0) is 0 Å². The summed E-state index contributed by atoms with van der Waals surface area (Å²) >= 11 is 6.05. The van der Waals surface area contributed by atoms with Crippen LogP contribution in [0.3, 0.4) is 0 Å². The lowest BCUT2D eigenvalue weighted by Crippen LogP contribution is -2.66. The fraction of sp³-hybridized carbons (Fsp3) is 0.462. The first-order chi connectivity index (χ1) is 8.62. The maximum Gasteiger partial charge on any atom is 0.255 e. The number of fused-ring (bicyclic) bond motifs is 1. The maximum atomic E-state index is 12.2. The zero-order valence-electron chi connectivity index (χ0n) is 10.3. The van der Waals surface area contributed by atoms with Crippen molar-refractivity contribution in [3.63, 3.8) is 0 Å². The van der Waals surface area contributed by atoms with Crippen LogP contribution in [0.25, 0.3) is 0 Å². The van der Waals surface area contributed by atoms with Crippen molar-refractivity contribution in [1.29, 1.82) is 0 Å². The molecule has 4 nitrogen and oxygen atoms in total. The maximum absolute atomic E-state index is 12.2. The number of piperidine rings is 1. The van der Waals surface area contributed by atoms with E-state index in [1.807, 2.05) is 13.1 Å². The fourth-order valence-corrected chi connectivity index (χ4v) is 3.03. The lowest BCUT2D eigenvalue weighted by Gasteiger charge is -2.49. The third kappa shape index (κ3) is 1.68. The summed E-state index contributed by atoms with van der Waals surface area (Å²) in [6.45, 7) is 1.83. The van der Waals surface area contributed by atoms with Crippen molar-refractivity contribution in [3.05, 3.63) is 28.8 Å². The van der Waals surface area contributed by atoms with E-state index in [-0.39, 0.29) is 11.6 Å². The molecule has 1 saturated heterocycles. The van der Waals surface area contributed by atoms with E-state index in [1.165, 1.54) is 0 Å². The molecule has 1 spiro atoms. The Balaban J connectivity index is 2.07. The molecule has 0 unspecified atom stereocenters. The molecule has 18 heavy (non-hydrogen) atoms. The number of carbonyl (C=O) groups excluding carboxylic acids is 1. The van der Waals surface area contributed by atoms with Gasteiger partial charge in [-0.05, 0) is 31.3 Å². The van der Waals surface area contributed by atoms with E-state index in [0.29, 0.717) is 10.6 Å². The van der Waals surface area contributed by atoms with Crippen LogP contribution in [0.5, 0.6) is 0 Å². The number of rotatable bonds is 0. The summed E-state index contributed by atoms with van der Waals surface area (Å²) in [4.78, 5) is 14.4. The number of hydrogen-bond acceptors (Lipinski definition) is 3. The number of amides is 1. The molecule has 1 aromatic rings. The molecule has 2 heterocycles. The molecule has 1 aromatic carbocycles. The first kappa shape index (κ1) is 11.8. The second kappa shape index (κ2) is 4.14. The summed E-state index contributed by atoms with van der Waals surface area (Å²) in [6.07, 6.45) is 1.81. The van der Waals surface area contributed by atoms with E-state index >= 15 is 0 Å². The standard InChI is InChI=1S/C13H16ClN3O/c1-17-11-8-9(14)2-3-10(11)12(18)16-13(17)4-6-15-7-5-13/h2-3,8,15H,4-7H2,1H3,(H,16,18). The predicted octanol–water partition coefficient (Wildman–Crippen LogP) is 1.60. The van der Waals surface area contributed by atoms with E-state index in [0.717, 1.165) is 31.6 Å². The van der Waals surface area contributed by atoms with Crippen molar-refractivity contribution < 1.29 is 4.79 Å². The van der Waals surface area contributed by atoms with Crippen molar-refractivity contribution in [2.75, 3.05) is 25.0 Å². The predicted molar refractivity (Wildman–Crippen MR) is 72.2 cm³/mol. The molecule has 0 saturated carbocycles. The monoisotopic (exact) mass is 265 g/mol. The van der Waals surface area contributed by atoms with Gasteiger partial charge in [-0.1, -0.05) is 11.6 Å². The molecule has 0 aliphatic carbocycles.